The quantitative estimate of drug-likeness (QED) is 0.487. The maximum absolute atomic E-state index is 8.18. The van der Waals surface area contributed by atoms with Crippen molar-refractivity contribution in [3.63, 3.8) is 0 Å². The Hall–Kier alpha value is 1.94. The maximum atomic E-state index is 8.18. The van der Waals surface area contributed by atoms with Crippen LogP contribution in [-0.4, -0.2) is 46.0 Å². The predicted octanol–water partition coefficient (Wildman–Crippen LogP) is -0.883. The Labute approximate surface area is 67.0 Å². The zero-order valence-electron chi connectivity index (χ0n) is 1.79. The van der Waals surface area contributed by atoms with E-state index in [1.54, 1.807) is 0 Å². The molecule has 0 aliphatic rings. The number of hydrogen-bond donors (Lipinski definition) is 0. The summed E-state index contributed by atoms with van der Waals surface area (Å²) in [6.45, 7) is 0. The summed E-state index contributed by atoms with van der Waals surface area (Å²) >= 11 is 1.10. The van der Waals surface area contributed by atoms with Gasteiger partial charge in [-0.15, -0.1) is 0 Å². The average molecular weight is 396 g/mol. The third-order valence-electron chi connectivity index (χ3n) is 0. The van der Waals surface area contributed by atoms with Gasteiger partial charge in [-0.05, 0) is 0 Å². The molecule has 0 amide bonds. The molecule has 4 heteroatoms. The first-order valence-corrected chi connectivity index (χ1v) is 0.854. The standard InChI is InChI=1S/Bi.Ga.O.Ru. The molecule has 0 atom stereocenters. The van der Waals surface area contributed by atoms with E-state index in [2.05, 4.69) is 0 Å². The Kier molecular flexibility index (Phi) is 85.3. The molecule has 0 aromatic heterocycles. The van der Waals surface area contributed by atoms with Gasteiger partial charge < -0.3 is 0 Å². The minimum atomic E-state index is 0. The van der Waals surface area contributed by atoms with Gasteiger partial charge in [0.15, 0.2) is 0 Å². The Morgan fingerprint density at radius 1 is 1.25 bits per heavy atom. The Bertz CT molecular complexity index is 8.00. The van der Waals surface area contributed by atoms with Crippen LogP contribution in [0.5, 0.6) is 0 Å². The molecule has 0 spiro atoms. The molecule has 0 saturated heterocycles. The SMILES string of the molecule is [Bi].[Ga].[O]=[Ru]. The molecule has 22 valence electrons. The molecule has 0 aromatic rings. The van der Waals surface area contributed by atoms with Gasteiger partial charge in [-0.3, -0.25) is 0 Å². The van der Waals surface area contributed by atoms with Crippen LogP contribution in [0.25, 0.3) is 0 Å². The summed E-state index contributed by atoms with van der Waals surface area (Å²) in [4.78, 5) is 0. The summed E-state index contributed by atoms with van der Waals surface area (Å²) in [7, 11) is 0. The van der Waals surface area contributed by atoms with Gasteiger partial charge >= 0.3 is 21.8 Å². The third kappa shape index (κ3) is 9.05. The molecule has 0 bridgehead atoms. The van der Waals surface area contributed by atoms with E-state index in [0.29, 0.717) is 0 Å². The van der Waals surface area contributed by atoms with Crippen LogP contribution >= 0.6 is 0 Å². The summed E-state index contributed by atoms with van der Waals surface area (Å²) in [5.74, 6) is 0. The first-order valence-electron chi connectivity index (χ1n) is 0.144. The topological polar surface area (TPSA) is 17.1 Å². The van der Waals surface area contributed by atoms with Crippen LogP contribution in [0.2, 0.25) is 0 Å². The molecule has 0 unspecified atom stereocenters. The van der Waals surface area contributed by atoms with Gasteiger partial charge in [0.1, 0.15) is 0 Å². The monoisotopic (exact) mass is 396 g/mol. The summed E-state index contributed by atoms with van der Waals surface area (Å²) in [5, 5.41) is 0. The van der Waals surface area contributed by atoms with Gasteiger partial charge in [0.2, 0.25) is 0 Å². The minimum absolute atomic E-state index is 0. The van der Waals surface area contributed by atoms with E-state index in [1.165, 1.54) is 0 Å². The van der Waals surface area contributed by atoms with Crippen molar-refractivity contribution in [3.05, 3.63) is 0 Å². The van der Waals surface area contributed by atoms with E-state index < -0.39 is 0 Å². The van der Waals surface area contributed by atoms with E-state index in [-0.39, 0.29) is 46.0 Å². The van der Waals surface area contributed by atoms with Gasteiger partial charge in [-0.1, -0.05) is 0 Å². The van der Waals surface area contributed by atoms with Crippen molar-refractivity contribution >= 4 is 46.0 Å². The summed E-state index contributed by atoms with van der Waals surface area (Å²) in [5.41, 5.74) is 0. The molecule has 0 fully saturated rings. The number of rotatable bonds is 0. The van der Waals surface area contributed by atoms with Crippen LogP contribution < -0.4 is 0 Å². The second-order valence-corrected chi connectivity index (χ2v) is 0. The summed E-state index contributed by atoms with van der Waals surface area (Å²) < 4.78 is 8.18. The van der Waals surface area contributed by atoms with Gasteiger partial charge in [0.25, 0.3) is 0 Å². The van der Waals surface area contributed by atoms with E-state index in [9.17, 15) is 0 Å². The predicted molar refractivity (Wildman–Crippen MR) is 12.2 cm³/mol. The van der Waals surface area contributed by atoms with Crippen molar-refractivity contribution in [2.45, 2.75) is 0 Å². The van der Waals surface area contributed by atoms with Gasteiger partial charge in [0.05, 0.1) is 0 Å². The molecular weight excluding hydrogens is 396 g/mol. The van der Waals surface area contributed by atoms with Gasteiger partial charge in [-0.25, -0.2) is 0 Å². The van der Waals surface area contributed by atoms with Crippen LogP contribution in [0.4, 0.5) is 0 Å². The summed E-state index contributed by atoms with van der Waals surface area (Å²) in [6.07, 6.45) is 0. The fraction of sp³-hybridized carbons (Fsp3) is 0. The van der Waals surface area contributed by atoms with Crippen LogP contribution in [0, 0.1) is 0 Å². The Morgan fingerprint density at radius 2 is 1.25 bits per heavy atom. The van der Waals surface area contributed by atoms with Gasteiger partial charge in [0, 0.05) is 46.0 Å². The fourth-order valence-corrected chi connectivity index (χ4v) is 0. The molecule has 4 heavy (non-hydrogen) atoms. The molecule has 0 rings (SSSR count). The van der Waals surface area contributed by atoms with Crippen molar-refractivity contribution in [1.82, 2.24) is 0 Å². The molecule has 0 saturated carbocycles. The number of hydrogen-bond acceptors (Lipinski definition) is 1. The van der Waals surface area contributed by atoms with Crippen molar-refractivity contribution in [1.29, 1.82) is 0 Å². The van der Waals surface area contributed by atoms with Crippen molar-refractivity contribution in [2.75, 3.05) is 0 Å². The Morgan fingerprint density at radius 3 is 1.25 bits per heavy atom. The second-order valence-electron chi connectivity index (χ2n) is 0. The van der Waals surface area contributed by atoms with Crippen LogP contribution in [0.1, 0.15) is 0 Å². The zero-order chi connectivity index (χ0) is 2.00. The summed E-state index contributed by atoms with van der Waals surface area (Å²) in [6, 6.07) is 0. The second kappa shape index (κ2) is 20.4. The Balaban J connectivity index is -0.00000000500. The van der Waals surface area contributed by atoms with E-state index in [1.807, 2.05) is 0 Å². The average Bonchev–Trinajstić information content (AvgIpc) is 1.00. The van der Waals surface area contributed by atoms with Crippen molar-refractivity contribution in [2.24, 2.45) is 0 Å². The first kappa shape index (κ1) is 16.8. The van der Waals surface area contributed by atoms with Crippen LogP contribution in [-0.2, 0) is 21.8 Å². The van der Waals surface area contributed by atoms with Crippen LogP contribution in [0.3, 0.4) is 0 Å². The van der Waals surface area contributed by atoms with Crippen LogP contribution in [0.15, 0.2) is 0 Å². The van der Waals surface area contributed by atoms with E-state index >= 15 is 0 Å². The van der Waals surface area contributed by atoms with Gasteiger partial charge in [-0.2, -0.15) is 0 Å². The molecule has 0 aromatic carbocycles. The van der Waals surface area contributed by atoms with E-state index in [4.69, 9.17) is 3.57 Å². The molecule has 0 heterocycles. The molecule has 0 aliphatic carbocycles. The fourth-order valence-electron chi connectivity index (χ4n) is 0. The normalized spacial score (nSPS) is 1.25. The molecule has 6 radical (unpaired) electrons. The zero-order valence-corrected chi connectivity index (χ0v) is 9.42. The van der Waals surface area contributed by atoms with Crippen molar-refractivity contribution in [3.8, 4) is 0 Å². The third-order valence-corrected chi connectivity index (χ3v) is 0. The van der Waals surface area contributed by atoms with Crippen molar-refractivity contribution < 1.29 is 21.8 Å². The molecular formula is BiGaORu. The molecule has 0 aliphatic heterocycles. The van der Waals surface area contributed by atoms with E-state index in [0.717, 1.165) is 18.3 Å². The molecule has 0 N–H and O–H groups in total. The molecule has 1 nitrogen and oxygen atoms in total. The first-order chi connectivity index (χ1) is 1.00.